The van der Waals surface area contributed by atoms with Gasteiger partial charge in [0.15, 0.2) is 0 Å². The van der Waals surface area contributed by atoms with Gasteiger partial charge in [0.1, 0.15) is 0 Å². The second-order valence-corrected chi connectivity index (χ2v) is 7.67. The summed E-state index contributed by atoms with van der Waals surface area (Å²) in [6.07, 6.45) is 7.76. The van der Waals surface area contributed by atoms with E-state index in [0.29, 0.717) is 25.4 Å². The van der Waals surface area contributed by atoms with Crippen LogP contribution < -0.4 is 0 Å². The predicted molar refractivity (Wildman–Crippen MR) is 98.1 cm³/mol. The Morgan fingerprint density at radius 3 is 2.80 bits per heavy atom. The number of fused-ring (bicyclic) bond motifs is 1. The average molecular weight is 338 g/mol. The number of aliphatic hydroxyl groups excluding tert-OH is 1. The molecule has 4 nitrogen and oxygen atoms in total. The van der Waals surface area contributed by atoms with Crippen LogP contribution in [0.2, 0.25) is 0 Å². The second-order valence-electron chi connectivity index (χ2n) is 7.67. The van der Waals surface area contributed by atoms with Gasteiger partial charge in [0, 0.05) is 37.0 Å². The number of rotatable bonds is 4. The van der Waals surface area contributed by atoms with Crippen molar-refractivity contribution in [1.29, 1.82) is 0 Å². The molecule has 2 fully saturated rings. The monoisotopic (exact) mass is 338 g/mol. The smallest absolute Gasteiger partial charge is 0.222 e. The third-order valence-electron chi connectivity index (χ3n) is 5.92. The number of amides is 1. The van der Waals surface area contributed by atoms with Gasteiger partial charge in [-0.1, -0.05) is 31.0 Å². The van der Waals surface area contributed by atoms with E-state index in [1.807, 2.05) is 35.4 Å². The van der Waals surface area contributed by atoms with E-state index in [1.165, 1.54) is 31.2 Å². The van der Waals surface area contributed by atoms with E-state index in [-0.39, 0.29) is 11.8 Å². The number of β-amino-alcohol motifs (C(OH)–C–C–N with tert-alkyl or cyclic N) is 1. The molecule has 0 spiro atoms. The highest BCUT2D eigenvalue weighted by Crippen LogP contribution is 2.30. The number of carbonyl (C=O) groups is 1. The Morgan fingerprint density at radius 1 is 1.16 bits per heavy atom. The quantitative estimate of drug-likeness (QED) is 0.931. The molecule has 2 aromatic rings. The van der Waals surface area contributed by atoms with Crippen LogP contribution in [-0.4, -0.2) is 40.1 Å². The van der Waals surface area contributed by atoms with E-state index in [1.54, 1.807) is 0 Å². The van der Waals surface area contributed by atoms with E-state index in [4.69, 9.17) is 0 Å². The van der Waals surface area contributed by atoms with Gasteiger partial charge in [-0.3, -0.25) is 9.78 Å². The van der Waals surface area contributed by atoms with E-state index in [9.17, 15) is 9.90 Å². The third kappa shape index (κ3) is 3.54. The molecule has 1 aromatic carbocycles. The zero-order chi connectivity index (χ0) is 17.2. The van der Waals surface area contributed by atoms with Crippen LogP contribution in [0.25, 0.3) is 10.9 Å². The maximum atomic E-state index is 12.6. The standard InChI is InChI=1S/C21H26N2O2/c24-20-14-23(21(25)11-15-5-1-2-6-15)13-17(20)12-16-9-10-22-19-8-4-3-7-18(16)19/h3-4,7-10,15,17,20,24H,1-2,5-6,11-14H2. The minimum Gasteiger partial charge on any atom is -0.391 e. The summed E-state index contributed by atoms with van der Waals surface area (Å²) in [7, 11) is 0. The van der Waals surface area contributed by atoms with Crippen LogP contribution in [0.15, 0.2) is 36.5 Å². The molecule has 132 valence electrons. The first kappa shape index (κ1) is 16.5. The van der Waals surface area contributed by atoms with Crippen molar-refractivity contribution in [2.45, 2.75) is 44.6 Å². The van der Waals surface area contributed by atoms with Crippen LogP contribution >= 0.6 is 0 Å². The van der Waals surface area contributed by atoms with Gasteiger partial charge in [-0.25, -0.2) is 0 Å². The molecule has 4 rings (SSSR count). The van der Waals surface area contributed by atoms with E-state index >= 15 is 0 Å². The number of hydrogen-bond donors (Lipinski definition) is 1. The molecule has 2 atom stereocenters. The summed E-state index contributed by atoms with van der Waals surface area (Å²) < 4.78 is 0. The van der Waals surface area contributed by atoms with Crippen molar-refractivity contribution in [2.24, 2.45) is 11.8 Å². The Balaban J connectivity index is 1.43. The van der Waals surface area contributed by atoms with Gasteiger partial charge >= 0.3 is 0 Å². The van der Waals surface area contributed by atoms with Crippen molar-refractivity contribution in [3.05, 3.63) is 42.1 Å². The highest BCUT2D eigenvalue weighted by Gasteiger charge is 2.35. The number of benzene rings is 1. The summed E-state index contributed by atoms with van der Waals surface area (Å²) >= 11 is 0. The molecule has 1 aliphatic heterocycles. The lowest BCUT2D eigenvalue weighted by Crippen LogP contribution is -2.30. The first-order valence-corrected chi connectivity index (χ1v) is 9.49. The number of likely N-dealkylation sites (tertiary alicyclic amines) is 1. The molecule has 1 saturated carbocycles. The Morgan fingerprint density at radius 2 is 1.96 bits per heavy atom. The number of para-hydroxylation sites is 1. The summed E-state index contributed by atoms with van der Waals surface area (Å²) in [4.78, 5) is 18.9. The summed E-state index contributed by atoms with van der Waals surface area (Å²) in [5, 5.41) is 11.6. The highest BCUT2D eigenvalue weighted by atomic mass is 16.3. The molecule has 0 radical (unpaired) electrons. The molecule has 25 heavy (non-hydrogen) atoms. The molecular formula is C21H26N2O2. The van der Waals surface area contributed by atoms with Crippen molar-refractivity contribution in [1.82, 2.24) is 9.88 Å². The van der Waals surface area contributed by atoms with Gasteiger partial charge in [0.25, 0.3) is 0 Å². The minimum atomic E-state index is -0.431. The molecular weight excluding hydrogens is 312 g/mol. The van der Waals surface area contributed by atoms with Crippen molar-refractivity contribution < 1.29 is 9.90 Å². The fourth-order valence-electron chi connectivity index (χ4n) is 4.46. The molecule has 1 amide bonds. The fourth-order valence-corrected chi connectivity index (χ4v) is 4.46. The number of nitrogens with zero attached hydrogens (tertiary/aromatic N) is 2. The lowest BCUT2D eigenvalue weighted by molar-refractivity contribution is -0.131. The topological polar surface area (TPSA) is 53.4 Å². The number of carbonyl (C=O) groups excluding carboxylic acids is 1. The molecule has 0 bridgehead atoms. The Bertz CT molecular complexity index is 749. The van der Waals surface area contributed by atoms with Gasteiger partial charge in [-0.15, -0.1) is 0 Å². The van der Waals surface area contributed by atoms with Crippen LogP contribution in [0.3, 0.4) is 0 Å². The van der Waals surface area contributed by atoms with E-state index in [2.05, 4.69) is 11.1 Å². The minimum absolute atomic E-state index is 0.110. The fraction of sp³-hybridized carbons (Fsp3) is 0.524. The third-order valence-corrected chi connectivity index (χ3v) is 5.92. The van der Waals surface area contributed by atoms with Gasteiger partial charge in [-0.05, 0) is 42.9 Å². The zero-order valence-corrected chi connectivity index (χ0v) is 14.6. The Hall–Kier alpha value is -1.94. The first-order valence-electron chi connectivity index (χ1n) is 9.49. The molecule has 2 heterocycles. The molecule has 1 N–H and O–H groups in total. The SMILES string of the molecule is O=C(CC1CCCC1)N1CC(O)C(Cc2ccnc3ccccc23)C1. The summed E-state index contributed by atoms with van der Waals surface area (Å²) in [5.74, 6) is 0.902. The van der Waals surface area contributed by atoms with Crippen LogP contribution in [0, 0.1) is 11.8 Å². The summed E-state index contributed by atoms with van der Waals surface area (Å²) in [6.45, 7) is 1.16. The average Bonchev–Trinajstić information content (AvgIpc) is 3.25. The predicted octanol–water partition coefficient (Wildman–Crippen LogP) is 3.18. The molecule has 1 saturated heterocycles. The molecule has 2 aliphatic rings. The first-order chi connectivity index (χ1) is 12.2. The van der Waals surface area contributed by atoms with Gasteiger partial charge in [0.2, 0.25) is 5.91 Å². The number of hydrogen-bond acceptors (Lipinski definition) is 3. The number of pyridine rings is 1. The number of aromatic nitrogens is 1. The van der Waals surface area contributed by atoms with Crippen LogP contribution in [0.1, 0.15) is 37.7 Å². The van der Waals surface area contributed by atoms with Crippen molar-refractivity contribution in [3.8, 4) is 0 Å². The highest BCUT2D eigenvalue weighted by molar-refractivity contribution is 5.82. The van der Waals surface area contributed by atoms with Crippen LogP contribution in [0.5, 0.6) is 0 Å². The maximum absolute atomic E-state index is 12.6. The van der Waals surface area contributed by atoms with Crippen LogP contribution in [-0.2, 0) is 11.2 Å². The van der Waals surface area contributed by atoms with Gasteiger partial charge in [-0.2, -0.15) is 0 Å². The normalized spacial score (nSPS) is 24.3. The molecule has 1 aliphatic carbocycles. The summed E-state index contributed by atoms with van der Waals surface area (Å²) in [6, 6.07) is 10.2. The Labute approximate surface area is 148 Å². The zero-order valence-electron chi connectivity index (χ0n) is 14.6. The lowest BCUT2D eigenvalue weighted by Gasteiger charge is -2.18. The lowest BCUT2D eigenvalue weighted by atomic mass is 9.94. The molecule has 1 aromatic heterocycles. The Kier molecular flexibility index (Phi) is 4.71. The van der Waals surface area contributed by atoms with Crippen molar-refractivity contribution >= 4 is 16.8 Å². The van der Waals surface area contributed by atoms with Crippen LogP contribution in [0.4, 0.5) is 0 Å². The van der Waals surface area contributed by atoms with Crippen molar-refractivity contribution in [3.63, 3.8) is 0 Å². The van der Waals surface area contributed by atoms with Crippen molar-refractivity contribution in [2.75, 3.05) is 13.1 Å². The largest absolute Gasteiger partial charge is 0.391 e. The van der Waals surface area contributed by atoms with Gasteiger partial charge in [0.05, 0.1) is 11.6 Å². The number of aliphatic hydroxyl groups is 1. The van der Waals surface area contributed by atoms with E-state index in [0.717, 1.165) is 17.3 Å². The molecule has 2 unspecified atom stereocenters. The maximum Gasteiger partial charge on any atom is 0.222 e. The second kappa shape index (κ2) is 7.12. The van der Waals surface area contributed by atoms with E-state index < -0.39 is 6.10 Å². The molecule has 4 heteroatoms. The van der Waals surface area contributed by atoms with Gasteiger partial charge < -0.3 is 10.0 Å². The summed E-state index contributed by atoms with van der Waals surface area (Å²) in [5.41, 5.74) is 2.20.